The molecule has 7 heteroatoms. The third-order valence-electron chi connectivity index (χ3n) is 3.19. The van der Waals surface area contributed by atoms with Gasteiger partial charge in [0.2, 0.25) is 5.91 Å². The molecule has 0 saturated carbocycles. The standard InChI is InChI=1S/C17H20ClN3O2S/c1-11(2)9-19-15(22)8-7-14-10-24-17(20-14)21-16(23)12-3-5-13(18)6-4-12/h3-6,10-11H,7-9H2,1-2H3,(H,19,22)(H,20,21,23). The van der Waals surface area contributed by atoms with E-state index in [2.05, 4.69) is 29.5 Å². The molecule has 1 aromatic carbocycles. The van der Waals surface area contributed by atoms with Crippen molar-refractivity contribution in [2.45, 2.75) is 26.7 Å². The van der Waals surface area contributed by atoms with Gasteiger partial charge in [-0.1, -0.05) is 25.4 Å². The molecule has 2 amide bonds. The number of aromatic nitrogens is 1. The lowest BCUT2D eigenvalue weighted by Crippen LogP contribution is -2.27. The summed E-state index contributed by atoms with van der Waals surface area (Å²) in [6.45, 7) is 4.78. The van der Waals surface area contributed by atoms with E-state index in [4.69, 9.17) is 11.6 Å². The molecule has 24 heavy (non-hydrogen) atoms. The molecule has 0 aliphatic rings. The highest BCUT2D eigenvalue weighted by Crippen LogP contribution is 2.18. The fraction of sp³-hybridized carbons (Fsp3) is 0.353. The van der Waals surface area contributed by atoms with Crippen LogP contribution in [-0.2, 0) is 11.2 Å². The lowest BCUT2D eigenvalue weighted by Gasteiger charge is -2.06. The maximum atomic E-state index is 12.1. The van der Waals surface area contributed by atoms with Gasteiger partial charge in [0.15, 0.2) is 5.13 Å². The Kier molecular flexibility index (Phi) is 6.75. The lowest BCUT2D eigenvalue weighted by molar-refractivity contribution is -0.121. The average molecular weight is 366 g/mol. The second kappa shape index (κ2) is 8.80. The Morgan fingerprint density at radius 2 is 1.96 bits per heavy atom. The summed E-state index contributed by atoms with van der Waals surface area (Å²) in [7, 11) is 0. The summed E-state index contributed by atoms with van der Waals surface area (Å²) >= 11 is 7.15. The number of aryl methyl sites for hydroxylation is 1. The molecule has 5 nitrogen and oxygen atoms in total. The normalized spacial score (nSPS) is 10.7. The maximum Gasteiger partial charge on any atom is 0.257 e. The highest BCUT2D eigenvalue weighted by atomic mass is 35.5. The number of amides is 2. The van der Waals surface area contributed by atoms with E-state index in [1.54, 1.807) is 24.3 Å². The van der Waals surface area contributed by atoms with Crippen LogP contribution in [0.25, 0.3) is 0 Å². The Balaban J connectivity index is 1.83. The molecule has 2 N–H and O–H groups in total. The van der Waals surface area contributed by atoms with Crippen molar-refractivity contribution in [2.75, 3.05) is 11.9 Å². The molecule has 0 saturated heterocycles. The Morgan fingerprint density at radius 3 is 2.62 bits per heavy atom. The number of anilines is 1. The van der Waals surface area contributed by atoms with Crippen LogP contribution in [0.4, 0.5) is 5.13 Å². The van der Waals surface area contributed by atoms with Crippen LogP contribution in [-0.4, -0.2) is 23.3 Å². The predicted molar refractivity (Wildman–Crippen MR) is 97.7 cm³/mol. The minimum atomic E-state index is -0.234. The molecule has 0 aliphatic carbocycles. The van der Waals surface area contributed by atoms with Crippen LogP contribution in [0, 0.1) is 5.92 Å². The number of halogens is 1. The minimum absolute atomic E-state index is 0.0171. The summed E-state index contributed by atoms with van der Waals surface area (Å²) in [4.78, 5) is 28.1. The van der Waals surface area contributed by atoms with Gasteiger partial charge in [0, 0.05) is 28.9 Å². The molecule has 0 aliphatic heterocycles. The van der Waals surface area contributed by atoms with Gasteiger partial charge >= 0.3 is 0 Å². The van der Waals surface area contributed by atoms with E-state index in [0.29, 0.717) is 41.0 Å². The topological polar surface area (TPSA) is 71.1 Å². The van der Waals surface area contributed by atoms with Crippen molar-refractivity contribution < 1.29 is 9.59 Å². The maximum absolute atomic E-state index is 12.1. The van der Waals surface area contributed by atoms with Crippen LogP contribution < -0.4 is 10.6 Å². The van der Waals surface area contributed by atoms with Crippen molar-refractivity contribution in [3.63, 3.8) is 0 Å². The first-order chi connectivity index (χ1) is 11.4. The smallest absolute Gasteiger partial charge is 0.257 e. The van der Waals surface area contributed by atoms with Gasteiger partial charge in [0.1, 0.15) is 0 Å². The zero-order valence-electron chi connectivity index (χ0n) is 13.6. The second-order valence-corrected chi connectivity index (χ2v) is 7.10. The lowest BCUT2D eigenvalue weighted by atomic mass is 10.2. The Labute approximate surface area is 150 Å². The first-order valence-corrected chi connectivity index (χ1v) is 8.98. The molecule has 0 bridgehead atoms. The Morgan fingerprint density at radius 1 is 1.25 bits per heavy atom. The van der Waals surface area contributed by atoms with E-state index in [9.17, 15) is 9.59 Å². The largest absolute Gasteiger partial charge is 0.356 e. The van der Waals surface area contributed by atoms with Crippen LogP contribution in [0.3, 0.4) is 0 Å². The molecule has 2 aromatic rings. The average Bonchev–Trinajstić information content (AvgIpc) is 2.99. The molecular weight excluding hydrogens is 346 g/mol. The third kappa shape index (κ3) is 5.94. The number of carbonyl (C=O) groups excluding carboxylic acids is 2. The number of carbonyl (C=O) groups is 2. The molecule has 0 radical (unpaired) electrons. The van der Waals surface area contributed by atoms with Crippen LogP contribution in [0.2, 0.25) is 5.02 Å². The van der Waals surface area contributed by atoms with Gasteiger partial charge in [0.05, 0.1) is 5.69 Å². The van der Waals surface area contributed by atoms with E-state index in [1.165, 1.54) is 11.3 Å². The highest BCUT2D eigenvalue weighted by Gasteiger charge is 2.10. The molecule has 1 aromatic heterocycles. The highest BCUT2D eigenvalue weighted by molar-refractivity contribution is 7.14. The van der Waals surface area contributed by atoms with Gasteiger partial charge in [-0.25, -0.2) is 4.98 Å². The molecule has 0 atom stereocenters. The van der Waals surface area contributed by atoms with Crippen molar-refractivity contribution in [1.82, 2.24) is 10.3 Å². The summed E-state index contributed by atoms with van der Waals surface area (Å²) in [5, 5.41) is 8.58. The Bertz CT molecular complexity index is 698. The van der Waals surface area contributed by atoms with Gasteiger partial charge in [0.25, 0.3) is 5.91 Å². The number of rotatable bonds is 7. The zero-order valence-corrected chi connectivity index (χ0v) is 15.2. The van der Waals surface area contributed by atoms with E-state index in [-0.39, 0.29) is 11.8 Å². The van der Waals surface area contributed by atoms with E-state index < -0.39 is 0 Å². The van der Waals surface area contributed by atoms with Crippen molar-refractivity contribution in [2.24, 2.45) is 5.92 Å². The van der Waals surface area contributed by atoms with Crippen LogP contribution >= 0.6 is 22.9 Å². The van der Waals surface area contributed by atoms with Gasteiger partial charge in [-0.15, -0.1) is 11.3 Å². The first kappa shape index (κ1) is 18.4. The summed E-state index contributed by atoms with van der Waals surface area (Å²) in [6, 6.07) is 6.65. The number of nitrogens with zero attached hydrogens (tertiary/aromatic N) is 1. The van der Waals surface area contributed by atoms with Gasteiger partial charge in [-0.2, -0.15) is 0 Å². The third-order valence-corrected chi connectivity index (χ3v) is 4.25. The van der Waals surface area contributed by atoms with Gasteiger partial charge < -0.3 is 5.32 Å². The predicted octanol–water partition coefficient (Wildman–Crippen LogP) is 3.75. The fourth-order valence-corrected chi connectivity index (χ4v) is 2.76. The fourth-order valence-electron chi connectivity index (χ4n) is 1.90. The quantitative estimate of drug-likeness (QED) is 0.784. The molecule has 128 valence electrons. The van der Waals surface area contributed by atoms with E-state index in [1.807, 2.05) is 5.38 Å². The number of nitrogens with one attached hydrogen (secondary N) is 2. The van der Waals surface area contributed by atoms with E-state index in [0.717, 1.165) is 5.69 Å². The van der Waals surface area contributed by atoms with Crippen molar-refractivity contribution in [3.8, 4) is 0 Å². The summed E-state index contributed by atoms with van der Waals surface area (Å²) < 4.78 is 0. The zero-order chi connectivity index (χ0) is 17.5. The number of hydrogen-bond donors (Lipinski definition) is 2. The van der Waals surface area contributed by atoms with Crippen LogP contribution in [0.5, 0.6) is 0 Å². The monoisotopic (exact) mass is 365 g/mol. The van der Waals surface area contributed by atoms with E-state index >= 15 is 0 Å². The molecule has 1 heterocycles. The molecule has 0 fully saturated rings. The van der Waals surface area contributed by atoms with Gasteiger partial charge in [-0.05, 0) is 36.6 Å². The first-order valence-electron chi connectivity index (χ1n) is 7.72. The number of thiazole rings is 1. The minimum Gasteiger partial charge on any atom is -0.356 e. The summed E-state index contributed by atoms with van der Waals surface area (Å²) in [5.41, 5.74) is 1.32. The Hall–Kier alpha value is -1.92. The van der Waals surface area contributed by atoms with Crippen molar-refractivity contribution in [3.05, 3.63) is 45.9 Å². The van der Waals surface area contributed by atoms with Crippen molar-refractivity contribution >= 4 is 39.9 Å². The molecule has 0 unspecified atom stereocenters. The summed E-state index contributed by atoms with van der Waals surface area (Å²) in [6.07, 6.45) is 0.943. The molecule has 2 rings (SSSR count). The van der Waals surface area contributed by atoms with Crippen LogP contribution in [0.15, 0.2) is 29.6 Å². The van der Waals surface area contributed by atoms with Crippen molar-refractivity contribution in [1.29, 1.82) is 0 Å². The SMILES string of the molecule is CC(C)CNC(=O)CCc1csc(NC(=O)c2ccc(Cl)cc2)n1. The number of hydrogen-bond acceptors (Lipinski definition) is 4. The second-order valence-electron chi connectivity index (χ2n) is 5.80. The molecule has 0 spiro atoms. The van der Waals surface area contributed by atoms with Crippen LogP contribution in [0.1, 0.15) is 36.3 Å². The number of benzene rings is 1. The summed E-state index contributed by atoms with van der Waals surface area (Å²) in [5.74, 6) is 0.216. The molecular formula is C17H20ClN3O2S. The van der Waals surface area contributed by atoms with Gasteiger partial charge in [-0.3, -0.25) is 14.9 Å².